The number of aliphatic imine (C=N–C) groups is 1. The van der Waals surface area contributed by atoms with Crippen molar-refractivity contribution in [1.29, 1.82) is 0 Å². The van der Waals surface area contributed by atoms with Crippen molar-refractivity contribution < 1.29 is 20.1 Å². The maximum atomic E-state index is 10.7. The van der Waals surface area contributed by atoms with Crippen molar-refractivity contribution in [2.45, 2.75) is 37.1 Å². The highest BCUT2D eigenvalue weighted by Crippen LogP contribution is 2.38. The van der Waals surface area contributed by atoms with Gasteiger partial charge in [0, 0.05) is 12.6 Å². The van der Waals surface area contributed by atoms with Gasteiger partial charge in [-0.3, -0.25) is 0 Å². The summed E-state index contributed by atoms with van der Waals surface area (Å²) < 4.78 is 7.42. The number of hydrazone groups is 1. The molecule has 0 bridgehead atoms. The van der Waals surface area contributed by atoms with E-state index in [1.165, 1.54) is 18.5 Å². The molecule has 1 aromatic carbocycles. The first-order valence-corrected chi connectivity index (χ1v) is 9.19. The number of hydrogen-bond donors (Lipinski definition) is 4. The van der Waals surface area contributed by atoms with Crippen molar-refractivity contribution in [2.24, 2.45) is 15.9 Å². The van der Waals surface area contributed by atoms with Crippen molar-refractivity contribution in [3.8, 4) is 0 Å². The second-order valence-electron chi connectivity index (χ2n) is 6.51. The monoisotopic (exact) mass is 425 g/mol. The first-order valence-electron chi connectivity index (χ1n) is 8.43. The Bertz CT molecular complexity index is 963. The van der Waals surface area contributed by atoms with Crippen LogP contribution >= 0.6 is 23.2 Å². The lowest BCUT2D eigenvalue weighted by Crippen LogP contribution is -2.35. The number of aromatic nitrogens is 2. The van der Waals surface area contributed by atoms with Crippen LogP contribution in [-0.4, -0.2) is 55.2 Å². The standard InChI is InChI=1S/C17H17Cl2N5O4/c18-8-2-1-7(5-9(8)19)12(25)15-13(26)14(27)17(28-15)24-6-22-11-10(24)3-4-21-16(11)23-20/h1-2,4-6,12-15,17,25-27H,3,20H2/b23-16+/t12-,13+,14-,15-,17-/m1/s1. The molecule has 3 heterocycles. The van der Waals surface area contributed by atoms with Crippen LogP contribution in [0.5, 0.6) is 0 Å². The Balaban J connectivity index is 1.62. The number of aliphatic hydroxyl groups excluding tert-OH is 3. The molecule has 28 heavy (non-hydrogen) atoms. The zero-order valence-corrected chi connectivity index (χ0v) is 15.9. The molecule has 0 spiro atoms. The Hall–Kier alpha value is -2.01. The lowest BCUT2D eigenvalue weighted by molar-refractivity contribution is -0.0866. The van der Waals surface area contributed by atoms with Crippen molar-refractivity contribution in [2.75, 3.05) is 0 Å². The van der Waals surface area contributed by atoms with Crippen LogP contribution in [0.4, 0.5) is 0 Å². The Morgan fingerprint density at radius 1 is 1.25 bits per heavy atom. The lowest BCUT2D eigenvalue weighted by Gasteiger charge is -2.22. The summed E-state index contributed by atoms with van der Waals surface area (Å²) in [6.07, 6.45) is -2.41. The SMILES string of the molecule is N/N=C1/N=CCc2c1ncn2[C@@H]1O[C@H]([C@H](O)c2ccc(Cl)c(Cl)c2)[C@@H](O)[C@H]1O. The largest absolute Gasteiger partial charge is 0.387 e. The van der Waals surface area contributed by atoms with Crippen LogP contribution in [0.3, 0.4) is 0 Å². The van der Waals surface area contributed by atoms with E-state index in [2.05, 4.69) is 15.1 Å². The molecule has 5 N–H and O–H groups in total. The number of aliphatic hydroxyl groups is 3. The minimum Gasteiger partial charge on any atom is -0.387 e. The van der Waals surface area contributed by atoms with Crippen LogP contribution in [0, 0.1) is 0 Å². The zero-order valence-electron chi connectivity index (χ0n) is 14.4. The number of rotatable bonds is 3. The molecule has 9 nitrogen and oxygen atoms in total. The number of fused-ring (bicyclic) bond motifs is 1. The Morgan fingerprint density at radius 3 is 2.75 bits per heavy atom. The van der Waals surface area contributed by atoms with Gasteiger partial charge in [-0.15, -0.1) is 0 Å². The molecule has 0 unspecified atom stereocenters. The fraction of sp³-hybridized carbons (Fsp3) is 0.353. The molecule has 0 aliphatic carbocycles. The normalized spacial score (nSPS) is 29.2. The van der Waals surface area contributed by atoms with Crippen molar-refractivity contribution in [3.63, 3.8) is 0 Å². The third-order valence-electron chi connectivity index (χ3n) is 4.87. The summed E-state index contributed by atoms with van der Waals surface area (Å²) in [6, 6.07) is 4.61. The summed E-state index contributed by atoms with van der Waals surface area (Å²) in [5, 5.41) is 35.9. The number of halogens is 2. The second-order valence-corrected chi connectivity index (χ2v) is 7.32. The first-order chi connectivity index (χ1) is 13.4. The third kappa shape index (κ3) is 3.10. The number of imidazole rings is 1. The summed E-state index contributed by atoms with van der Waals surface area (Å²) >= 11 is 11.9. The molecule has 1 fully saturated rings. The number of benzene rings is 1. The summed E-state index contributed by atoms with van der Waals surface area (Å²) in [5.41, 5.74) is 1.56. The van der Waals surface area contributed by atoms with Gasteiger partial charge in [-0.05, 0) is 17.7 Å². The van der Waals surface area contributed by atoms with Gasteiger partial charge in [0.2, 0.25) is 0 Å². The molecular weight excluding hydrogens is 409 g/mol. The summed E-state index contributed by atoms with van der Waals surface area (Å²) in [7, 11) is 0. The highest BCUT2D eigenvalue weighted by molar-refractivity contribution is 6.42. The quantitative estimate of drug-likeness (QED) is 0.423. The number of nitrogens with two attached hydrogens (primary N) is 1. The number of hydrogen-bond acceptors (Lipinski definition) is 7. The molecule has 4 rings (SSSR count). The summed E-state index contributed by atoms with van der Waals surface area (Å²) in [5.74, 6) is 5.59. The Morgan fingerprint density at radius 2 is 2.04 bits per heavy atom. The Labute approximate surface area is 169 Å². The van der Waals surface area contributed by atoms with E-state index in [1.54, 1.807) is 16.8 Å². The van der Waals surface area contributed by atoms with Crippen LogP contribution in [-0.2, 0) is 11.2 Å². The van der Waals surface area contributed by atoms with Gasteiger partial charge in [-0.2, -0.15) is 5.10 Å². The van der Waals surface area contributed by atoms with E-state index in [0.29, 0.717) is 28.4 Å². The molecule has 0 radical (unpaired) electrons. The van der Waals surface area contributed by atoms with E-state index in [0.717, 1.165) is 0 Å². The fourth-order valence-electron chi connectivity index (χ4n) is 3.43. The van der Waals surface area contributed by atoms with Gasteiger partial charge < -0.3 is 30.5 Å². The highest BCUT2D eigenvalue weighted by Gasteiger charge is 2.48. The van der Waals surface area contributed by atoms with Crippen LogP contribution < -0.4 is 5.84 Å². The fourth-order valence-corrected chi connectivity index (χ4v) is 3.74. The van der Waals surface area contributed by atoms with Gasteiger partial charge >= 0.3 is 0 Å². The van der Waals surface area contributed by atoms with Gasteiger partial charge in [0.05, 0.1) is 22.1 Å². The lowest BCUT2D eigenvalue weighted by atomic mass is 9.99. The molecule has 2 aromatic rings. The molecule has 0 saturated carbocycles. The first kappa shape index (κ1) is 19.3. The van der Waals surface area contributed by atoms with E-state index in [1.807, 2.05) is 0 Å². The van der Waals surface area contributed by atoms with Gasteiger partial charge in [0.25, 0.3) is 0 Å². The molecule has 2 aliphatic heterocycles. The van der Waals surface area contributed by atoms with E-state index in [9.17, 15) is 15.3 Å². The summed E-state index contributed by atoms with van der Waals surface area (Å²) in [4.78, 5) is 8.30. The minimum absolute atomic E-state index is 0.263. The molecule has 1 aromatic heterocycles. The van der Waals surface area contributed by atoms with E-state index >= 15 is 0 Å². The molecule has 5 atom stereocenters. The van der Waals surface area contributed by atoms with Gasteiger partial charge in [0.1, 0.15) is 30.1 Å². The van der Waals surface area contributed by atoms with Crippen LogP contribution in [0.2, 0.25) is 10.0 Å². The average molecular weight is 426 g/mol. The molecule has 1 saturated heterocycles. The van der Waals surface area contributed by atoms with Crippen molar-refractivity contribution in [1.82, 2.24) is 9.55 Å². The van der Waals surface area contributed by atoms with Gasteiger partial charge in [-0.25, -0.2) is 9.98 Å². The molecular formula is C17H17Cl2N5O4. The average Bonchev–Trinajstić information content (AvgIpc) is 3.25. The number of amidine groups is 1. The summed E-state index contributed by atoms with van der Waals surface area (Å²) in [6.45, 7) is 0. The second kappa shape index (κ2) is 7.43. The van der Waals surface area contributed by atoms with Crippen LogP contribution in [0.1, 0.15) is 29.3 Å². The van der Waals surface area contributed by atoms with Crippen LogP contribution in [0.15, 0.2) is 34.6 Å². The zero-order chi connectivity index (χ0) is 20.0. The predicted molar refractivity (Wildman–Crippen MR) is 102 cm³/mol. The van der Waals surface area contributed by atoms with Crippen molar-refractivity contribution in [3.05, 3.63) is 51.5 Å². The molecule has 0 amide bonds. The Kier molecular flexibility index (Phi) is 5.13. The van der Waals surface area contributed by atoms with Crippen molar-refractivity contribution >= 4 is 35.3 Å². The molecule has 148 valence electrons. The molecule has 11 heteroatoms. The van der Waals surface area contributed by atoms with E-state index in [4.69, 9.17) is 33.8 Å². The topological polar surface area (TPSA) is 138 Å². The maximum absolute atomic E-state index is 10.7. The van der Waals surface area contributed by atoms with Gasteiger partial charge in [-0.1, -0.05) is 29.3 Å². The molecule has 2 aliphatic rings. The van der Waals surface area contributed by atoms with E-state index in [-0.39, 0.29) is 10.9 Å². The number of nitrogens with zero attached hydrogens (tertiary/aromatic N) is 4. The maximum Gasteiger partial charge on any atom is 0.198 e. The third-order valence-corrected chi connectivity index (χ3v) is 5.61. The number of ether oxygens (including phenoxy) is 1. The van der Waals surface area contributed by atoms with E-state index < -0.39 is 30.6 Å². The predicted octanol–water partition coefficient (Wildman–Crippen LogP) is 0.790. The smallest absolute Gasteiger partial charge is 0.198 e. The van der Waals surface area contributed by atoms with Gasteiger partial charge in [0.15, 0.2) is 12.1 Å². The minimum atomic E-state index is -1.34. The van der Waals surface area contributed by atoms with Crippen LogP contribution in [0.25, 0.3) is 0 Å². The highest BCUT2D eigenvalue weighted by atomic mass is 35.5.